The summed E-state index contributed by atoms with van der Waals surface area (Å²) in [4.78, 5) is 63.3. The van der Waals surface area contributed by atoms with E-state index in [-0.39, 0.29) is 45.8 Å². The minimum atomic E-state index is -2.83. The number of amides is 2. The number of ether oxygens (including phenoxy) is 3. The third-order valence-corrected chi connectivity index (χ3v) is 7.27. The van der Waals surface area contributed by atoms with Crippen LogP contribution in [0, 0.1) is 0 Å². The number of alkyl halides is 4. The number of aromatic carboxylic acids is 1. The van der Waals surface area contributed by atoms with Gasteiger partial charge in [-0.1, -0.05) is 12.1 Å². The number of nitrogens with one attached hydrogen (secondary N) is 2. The number of hydrogen-bond donors (Lipinski definition) is 4. The zero-order chi connectivity index (χ0) is 38.2. The molecule has 1 saturated heterocycles. The van der Waals surface area contributed by atoms with Crippen molar-refractivity contribution in [1.82, 2.24) is 24.3 Å². The highest BCUT2D eigenvalue weighted by molar-refractivity contribution is 6.08. The number of imidazole rings is 1. The molecule has 1 atom stereocenters. The molecule has 5 N–H and O–H groups in total. The van der Waals surface area contributed by atoms with Crippen molar-refractivity contribution < 1.29 is 56.1 Å². The third kappa shape index (κ3) is 9.23. The van der Waals surface area contributed by atoms with Gasteiger partial charge >= 0.3 is 11.9 Å². The smallest absolute Gasteiger partial charge is 0.340 e. The standard InChI is InChI=1S/C19H16F2N4O5.C14H12F2N4O3/c20-17(21)11-2-1-3-12(22-11)18(26)24-13-7-25-8-14(15-9-29-4-5-30-15)23-16(25)6-10(13)19(27)28;1-23-14(22)7-5-11(17)18-6-10(7)20-13(21)9-4-2-3-8(19-9)12(15)16/h1-3,6-8,15,17H,4-5,9H2,(H,24,26)(H,27,28);2-6,12H,1H3,(H2,17,18)(H,20,21). The van der Waals surface area contributed by atoms with Crippen LogP contribution in [0.3, 0.4) is 0 Å². The zero-order valence-electron chi connectivity index (χ0n) is 27.3. The normalized spacial score (nSPS) is 14.0. The fourth-order valence-corrected chi connectivity index (χ4v) is 4.77. The van der Waals surface area contributed by atoms with Crippen LogP contribution >= 0.6 is 0 Å². The predicted octanol–water partition coefficient (Wildman–Crippen LogP) is 4.74. The maximum atomic E-state index is 12.8. The van der Waals surface area contributed by atoms with Crippen molar-refractivity contribution in [2.24, 2.45) is 0 Å². The van der Waals surface area contributed by atoms with Crippen LogP contribution in [0.2, 0.25) is 0 Å². The van der Waals surface area contributed by atoms with E-state index in [0.29, 0.717) is 31.2 Å². The number of aromatic nitrogens is 5. The lowest BCUT2D eigenvalue weighted by Gasteiger charge is -2.20. The van der Waals surface area contributed by atoms with Crippen molar-refractivity contribution in [2.75, 3.05) is 43.3 Å². The van der Waals surface area contributed by atoms with Crippen molar-refractivity contribution in [3.8, 4) is 0 Å². The monoisotopic (exact) mass is 740 g/mol. The molecule has 2 amide bonds. The average molecular weight is 741 g/mol. The van der Waals surface area contributed by atoms with Crippen molar-refractivity contribution >= 4 is 46.6 Å². The molecule has 0 spiro atoms. The first-order valence-corrected chi connectivity index (χ1v) is 15.3. The average Bonchev–Trinajstić information content (AvgIpc) is 3.58. The fraction of sp³-hybridized carbons (Fsp3) is 0.212. The number of nitrogens with two attached hydrogens (primary N) is 1. The van der Waals surface area contributed by atoms with E-state index in [9.17, 15) is 41.8 Å². The first-order chi connectivity index (χ1) is 25.3. The first kappa shape index (κ1) is 37.7. The lowest BCUT2D eigenvalue weighted by Crippen LogP contribution is -2.22. The summed E-state index contributed by atoms with van der Waals surface area (Å²) in [7, 11) is 1.16. The molecule has 276 valence electrons. The molecular formula is C33H28F4N8O8. The summed E-state index contributed by atoms with van der Waals surface area (Å²) in [5.74, 6) is -3.55. The van der Waals surface area contributed by atoms with Gasteiger partial charge in [-0.2, -0.15) is 0 Å². The molecular weight excluding hydrogens is 712 g/mol. The number of fused-ring (bicyclic) bond motifs is 1. The topological polar surface area (TPSA) is 222 Å². The Hall–Kier alpha value is -6.54. The van der Waals surface area contributed by atoms with Gasteiger partial charge in [-0.05, 0) is 36.4 Å². The summed E-state index contributed by atoms with van der Waals surface area (Å²) in [6.07, 6.45) is -1.83. The molecule has 20 heteroatoms. The molecule has 0 aliphatic carbocycles. The van der Waals surface area contributed by atoms with Crippen LogP contribution in [0.25, 0.3) is 5.65 Å². The van der Waals surface area contributed by atoms with Crippen LogP contribution in [0.5, 0.6) is 0 Å². The first-order valence-electron chi connectivity index (χ1n) is 15.3. The summed E-state index contributed by atoms with van der Waals surface area (Å²) in [5, 5.41) is 14.3. The van der Waals surface area contributed by atoms with E-state index in [1.54, 1.807) is 10.6 Å². The Kier molecular flexibility index (Phi) is 11.8. The number of anilines is 3. The SMILES string of the molecule is COC(=O)c1cc(N)ncc1NC(=O)c1cccc(C(F)F)n1.O=C(Nc1cn2cc(C3COCCO3)nc2cc1C(=O)O)c1cccc(C(F)F)n1. The molecule has 0 bridgehead atoms. The van der Waals surface area contributed by atoms with Gasteiger partial charge in [0.05, 0.1) is 61.3 Å². The van der Waals surface area contributed by atoms with Crippen LogP contribution in [0.4, 0.5) is 34.8 Å². The van der Waals surface area contributed by atoms with Crippen LogP contribution in [-0.2, 0) is 14.2 Å². The number of rotatable bonds is 9. The van der Waals surface area contributed by atoms with Crippen molar-refractivity contribution in [1.29, 1.82) is 0 Å². The Bertz CT molecular complexity index is 2160. The van der Waals surface area contributed by atoms with Gasteiger partial charge in [0.2, 0.25) is 0 Å². The molecule has 1 unspecified atom stereocenters. The van der Waals surface area contributed by atoms with Crippen LogP contribution < -0.4 is 16.4 Å². The Morgan fingerprint density at radius 2 is 1.51 bits per heavy atom. The van der Waals surface area contributed by atoms with Crippen molar-refractivity contribution in [3.63, 3.8) is 0 Å². The van der Waals surface area contributed by atoms with E-state index < -0.39 is 48.0 Å². The van der Waals surface area contributed by atoms with E-state index in [1.807, 2.05) is 0 Å². The number of pyridine rings is 4. The van der Waals surface area contributed by atoms with E-state index in [1.165, 1.54) is 42.6 Å². The van der Waals surface area contributed by atoms with E-state index in [0.717, 1.165) is 25.4 Å². The molecule has 0 aromatic carbocycles. The summed E-state index contributed by atoms with van der Waals surface area (Å²) in [6.45, 7) is 1.24. The van der Waals surface area contributed by atoms with Gasteiger partial charge in [0.15, 0.2) is 0 Å². The number of carbonyl (C=O) groups excluding carboxylic acids is 3. The van der Waals surface area contributed by atoms with E-state index in [4.69, 9.17) is 15.2 Å². The lowest BCUT2D eigenvalue weighted by atomic mass is 10.2. The van der Waals surface area contributed by atoms with Crippen molar-refractivity contribution in [2.45, 2.75) is 19.0 Å². The Labute approximate surface area is 295 Å². The highest BCUT2D eigenvalue weighted by Gasteiger charge is 2.23. The summed E-state index contributed by atoms with van der Waals surface area (Å²) < 4.78 is 68.0. The van der Waals surface area contributed by atoms with Gasteiger partial charge in [0, 0.05) is 12.4 Å². The zero-order valence-corrected chi connectivity index (χ0v) is 27.3. The summed E-state index contributed by atoms with van der Waals surface area (Å²) in [5.41, 5.74) is 4.59. The maximum Gasteiger partial charge on any atom is 0.340 e. The van der Waals surface area contributed by atoms with Gasteiger partial charge in [-0.15, -0.1) is 0 Å². The largest absolute Gasteiger partial charge is 0.478 e. The minimum absolute atomic E-state index is 0.0154. The molecule has 53 heavy (non-hydrogen) atoms. The number of methoxy groups -OCH3 is 1. The number of esters is 1. The number of hydrogen-bond acceptors (Lipinski definition) is 12. The third-order valence-electron chi connectivity index (χ3n) is 7.27. The highest BCUT2D eigenvalue weighted by Crippen LogP contribution is 2.25. The molecule has 16 nitrogen and oxygen atoms in total. The van der Waals surface area contributed by atoms with Gasteiger partial charge < -0.3 is 40.1 Å². The molecule has 5 aromatic rings. The molecule has 1 fully saturated rings. The Morgan fingerprint density at radius 1 is 0.887 bits per heavy atom. The maximum absolute atomic E-state index is 12.8. The van der Waals surface area contributed by atoms with Gasteiger partial charge in [0.25, 0.3) is 24.7 Å². The second-order valence-corrected chi connectivity index (χ2v) is 10.8. The van der Waals surface area contributed by atoms with E-state index >= 15 is 0 Å². The second kappa shape index (κ2) is 16.7. The number of nitrogen functional groups attached to an aromatic ring is 1. The second-order valence-electron chi connectivity index (χ2n) is 10.8. The fourth-order valence-electron chi connectivity index (χ4n) is 4.77. The molecule has 5 aromatic heterocycles. The minimum Gasteiger partial charge on any atom is -0.478 e. The predicted molar refractivity (Wildman–Crippen MR) is 176 cm³/mol. The van der Waals surface area contributed by atoms with Gasteiger partial charge in [0.1, 0.15) is 40.3 Å². The molecule has 6 rings (SSSR count). The Balaban J connectivity index is 0.000000212. The highest BCUT2D eigenvalue weighted by atomic mass is 19.3. The number of nitrogens with zero attached hydrogens (tertiary/aromatic N) is 5. The van der Waals surface area contributed by atoms with Crippen LogP contribution in [0.1, 0.15) is 77.7 Å². The van der Waals surface area contributed by atoms with Gasteiger partial charge in [-0.25, -0.2) is 47.1 Å². The molecule has 1 aliphatic rings. The number of halogens is 4. The van der Waals surface area contributed by atoms with Crippen LogP contribution in [-0.4, -0.2) is 80.1 Å². The lowest BCUT2D eigenvalue weighted by molar-refractivity contribution is -0.0916. The molecule has 1 aliphatic heterocycles. The van der Waals surface area contributed by atoms with E-state index in [2.05, 4.69) is 35.3 Å². The van der Waals surface area contributed by atoms with Crippen molar-refractivity contribution in [3.05, 3.63) is 107 Å². The molecule has 6 heterocycles. The number of carboxylic acid groups (broad SMARTS) is 1. The summed E-state index contributed by atoms with van der Waals surface area (Å²) in [6, 6.07) is 9.82. The summed E-state index contributed by atoms with van der Waals surface area (Å²) >= 11 is 0. The number of carboxylic acids is 1. The Morgan fingerprint density at radius 3 is 2.06 bits per heavy atom. The molecule has 0 saturated carbocycles. The molecule has 0 radical (unpaired) electrons. The van der Waals surface area contributed by atoms with Gasteiger partial charge in [-0.3, -0.25) is 9.59 Å². The van der Waals surface area contributed by atoms with Crippen LogP contribution in [0.15, 0.2) is 67.1 Å². The quantitative estimate of drug-likeness (QED) is 0.119. The number of carbonyl (C=O) groups is 4.